The molecule has 1 aromatic carbocycles. The van der Waals surface area contributed by atoms with Crippen LogP contribution in [0.3, 0.4) is 0 Å². The number of hydrogen-bond donors (Lipinski definition) is 2. The van der Waals surface area contributed by atoms with Crippen LogP contribution in [0.4, 0.5) is 0 Å². The normalized spacial score (nSPS) is 11.7. The monoisotopic (exact) mass is 340 g/mol. The van der Waals surface area contributed by atoms with Crippen molar-refractivity contribution < 1.29 is 17.6 Å². The van der Waals surface area contributed by atoms with Crippen LogP contribution in [0.15, 0.2) is 46.4 Å². The zero-order valence-electron chi connectivity index (χ0n) is 11.5. The Morgan fingerprint density at radius 2 is 1.91 bits per heavy atom. The summed E-state index contributed by atoms with van der Waals surface area (Å²) in [6.45, 7) is 1.60. The van der Waals surface area contributed by atoms with Crippen LogP contribution in [0.25, 0.3) is 6.08 Å². The van der Waals surface area contributed by atoms with E-state index in [9.17, 15) is 13.2 Å². The second kappa shape index (κ2) is 6.78. The van der Waals surface area contributed by atoms with E-state index in [1.165, 1.54) is 18.4 Å². The fourth-order valence-corrected chi connectivity index (χ4v) is 2.35. The molecule has 2 aromatic rings. The molecule has 2 N–H and O–H groups in total. The molecule has 0 aliphatic heterocycles. The van der Waals surface area contributed by atoms with Gasteiger partial charge in [-0.05, 0) is 36.8 Å². The minimum absolute atomic E-state index is 0.254. The number of sulfonamides is 1. The minimum atomic E-state index is -3.81. The quantitative estimate of drug-likeness (QED) is 0.818. The van der Waals surface area contributed by atoms with Crippen molar-refractivity contribution >= 4 is 33.6 Å². The third kappa shape index (κ3) is 4.45. The zero-order valence-corrected chi connectivity index (χ0v) is 13.1. The van der Waals surface area contributed by atoms with Crippen LogP contribution in [0.5, 0.6) is 0 Å². The number of rotatable bonds is 5. The van der Waals surface area contributed by atoms with Crippen molar-refractivity contribution in [3.8, 4) is 0 Å². The van der Waals surface area contributed by atoms with Gasteiger partial charge >= 0.3 is 0 Å². The highest BCUT2D eigenvalue weighted by Gasteiger charge is 2.13. The molecule has 0 unspecified atom stereocenters. The zero-order chi connectivity index (χ0) is 16.2. The maximum Gasteiger partial charge on any atom is 0.269 e. The predicted octanol–water partition coefficient (Wildman–Crippen LogP) is 2.48. The number of furan rings is 1. The molecule has 1 aromatic heterocycles. The lowest BCUT2D eigenvalue weighted by Gasteiger charge is -2.04. The molecule has 0 bridgehead atoms. The fourth-order valence-electron chi connectivity index (χ4n) is 1.58. The van der Waals surface area contributed by atoms with E-state index >= 15 is 0 Å². The van der Waals surface area contributed by atoms with Crippen LogP contribution in [0.2, 0.25) is 5.02 Å². The first-order chi connectivity index (χ1) is 10.4. The molecule has 1 heterocycles. The molecule has 8 heteroatoms. The average Bonchev–Trinajstić information content (AvgIpc) is 2.91. The number of carbonyl (C=O) groups excluding carboxylic acids is 1. The van der Waals surface area contributed by atoms with E-state index in [1.807, 2.05) is 4.83 Å². The van der Waals surface area contributed by atoms with Gasteiger partial charge in [-0.15, -0.1) is 4.83 Å². The van der Waals surface area contributed by atoms with Gasteiger partial charge in [0, 0.05) is 10.4 Å². The van der Waals surface area contributed by atoms with Gasteiger partial charge in [-0.3, -0.25) is 10.2 Å². The molecular formula is C14H13ClN2O4S. The van der Waals surface area contributed by atoms with Crippen molar-refractivity contribution in [2.75, 3.05) is 0 Å². The van der Waals surface area contributed by atoms with Crippen molar-refractivity contribution in [2.24, 2.45) is 0 Å². The van der Waals surface area contributed by atoms with Gasteiger partial charge < -0.3 is 4.42 Å². The van der Waals surface area contributed by atoms with E-state index in [0.717, 1.165) is 5.41 Å². The highest BCUT2D eigenvalue weighted by atomic mass is 35.5. The van der Waals surface area contributed by atoms with Crippen LogP contribution in [0.1, 0.15) is 21.7 Å². The lowest BCUT2D eigenvalue weighted by atomic mass is 10.2. The Kier molecular flexibility index (Phi) is 5.02. The molecule has 0 aliphatic carbocycles. The summed E-state index contributed by atoms with van der Waals surface area (Å²) >= 11 is 5.74. The highest BCUT2D eigenvalue weighted by molar-refractivity contribution is 7.92. The molecule has 0 radical (unpaired) electrons. The smallest absolute Gasteiger partial charge is 0.269 e. The molecular weight excluding hydrogens is 328 g/mol. The van der Waals surface area contributed by atoms with Crippen LogP contribution >= 0.6 is 11.6 Å². The number of nitrogens with one attached hydrogen (secondary N) is 2. The standard InChI is InChI=1S/C14H13ClN2O4S/c1-10-13(6-8-21-10)14(18)16-17-22(19,20)9-7-11-2-4-12(15)5-3-11/h2-9,17H,1H3,(H,16,18)/b9-7+. The van der Waals surface area contributed by atoms with Gasteiger partial charge in [0.2, 0.25) is 0 Å². The van der Waals surface area contributed by atoms with E-state index in [-0.39, 0.29) is 5.56 Å². The lowest BCUT2D eigenvalue weighted by Crippen LogP contribution is -2.40. The predicted molar refractivity (Wildman–Crippen MR) is 83.5 cm³/mol. The van der Waals surface area contributed by atoms with E-state index < -0.39 is 15.9 Å². The second-order valence-corrected chi connectivity index (χ2v) is 6.35. The summed E-state index contributed by atoms with van der Waals surface area (Å²) in [6, 6.07) is 8.07. The van der Waals surface area contributed by atoms with Crippen LogP contribution in [-0.2, 0) is 10.0 Å². The Balaban J connectivity index is 1.98. The second-order valence-electron chi connectivity index (χ2n) is 4.35. The van der Waals surface area contributed by atoms with Crippen molar-refractivity contribution in [3.05, 3.63) is 63.9 Å². The molecule has 6 nitrogen and oxygen atoms in total. The number of carbonyl (C=O) groups is 1. The van der Waals surface area contributed by atoms with Crippen molar-refractivity contribution in [1.82, 2.24) is 10.3 Å². The number of halogens is 1. The first kappa shape index (κ1) is 16.3. The maximum atomic E-state index is 11.8. The third-order valence-corrected chi connectivity index (χ3v) is 3.85. The van der Waals surface area contributed by atoms with E-state index in [4.69, 9.17) is 16.0 Å². The Labute approximate surface area is 132 Å². The summed E-state index contributed by atoms with van der Waals surface area (Å²) in [4.78, 5) is 13.7. The topological polar surface area (TPSA) is 88.4 Å². The summed E-state index contributed by atoms with van der Waals surface area (Å²) in [5, 5.41) is 1.50. The highest BCUT2D eigenvalue weighted by Crippen LogP contribution is 2.11. The molecule has 0 spiro atoms. The van der Waals surface area contributed by atoms with Crippen LogP contribution < -0.4 is 10.3 Å². The molecule has 0 atom stereocenters. The first-order valence-corrected chi connectivity index (χ1v) is 8.10. The van der Waals surface area contributed by atoms with Crippen molar-refractivity contribution in [3.63, 3.8) is 0 Å². The van der Waals surface area contributed by atoms with Gasteiger partial charge in [0.1, 0.15) is 5.76 Å². The number of aryl methyl sites for hydroxylation is 1. The van der Waals surface area contributed by atoms with Gasteiger partial charge in [0.15, 0.2) is 0 Å². The largest absolute Gasteiger partial charge is 0.469 e. The molecule has 1 amide bonds. The van der Waals surface area contributed by atoms with Crippen LogP contribution in [-0.4, -0.2) is 14.3 Å². The summed E-state index contributed by atoms with van der Waals surface area (Å²) < 4.78 is 28.5. The summed E-state index contributed by atoms with van der Waals surface area (Å²) in [5.41, 5.74) is 3.02. The Bertz CT molecular complexity index is 795. The number of amides is 1. The van der Waals surface area contributed by atoms with E-state index in [1.54, 1.807) is 31.2 Å². The van der Waals surface area contributed by atoms with Crippen molar-refractivity contribution in [1.29, 1.82) is 0 Å². The Morgan fingerprint density at radius 3 is 2.50 bits per heavy atom. The molecule has 116 valence electrons. The summed E-state index contributed by atoms with van der Waals surface area (Å²) in [6.07, 6.45) is 2.73. The molecule has 0 saturated carbocycles. The maximum absolute atomic E-state index is 11.8. The van der Waals surface area contributed by atoms with Gasteiger partial charge in [-0.1, -0.05) is 23.7 Å². The number of hydrogen-bond acceptors (Lipinski definition) is 4. The summed E-state index contributed by atoms with van der Waals surface area (Å²) in [5.74, 6) is -0.205. The minimum Gasteiger partial charge on any atom is -0.469 e. The van der Waals surface area contributed by atoms with Gasteiger partial charge in [0.05, 0.1) is 11.8 Å². The average molecular weight is 341 g/mol. The van der Waals surface area contributed by atoms with Gasteiger partial charge in [-0.2, -0.15) is 0 Å². The number of hydrazine groups is 1. The molecule has 0 saturated heterocycles. The molecule has 22 heavy (non-hydrogen) atoms. The first-order valence-electron chi connectivity index (χ1n) is 6.17. The molecule has 2 rings (SSSR count). The fraction of sp³-hybridized carbons (Fsp3) is 0.0714. The van der Waals surface area contributed by atoms with Gasteiger partial charge in [0.25, 0.3) is 15.9 Å². The lowest BCUT2D eigenvalue weighted by molar-refractivity contribution is 0.0944. The molecule has 0 aliphatic rings. The summed E-state index contributed by atoms with van der Waals surface area (Å²) in [7, 11) is -3.81. The van der Waals surface area contributed by atoms with E-state index in [2.05, 4.69) is 5.43 Å². The Morgan fingerprint density at radius 1 is 1.23 bits per heavy atom. The number of benzene rings is 1. The SMILES string of the molecule is Cc1occc1C(=O)NNS(=O)(=O)/C=C/c1ccc(Cl)cc1. The molecule has 0 fully saturated rings. The third-order valence-electron chi connectivity index (χ3n) is 2.72. The van der Waals surface area contributed by atoms with Gasteiger partial charge in [-0.25, -0.2) is 8.42 Å². The van der Waals surface area contributed by atoms with Crippen molar-refractivity contribution in [2.45, 2.75) is 6.92 Å². The van der Waals surface area contributed by atoms with Crippen LogP contribution in [0, 0.1) is 6.92 Å². The Hall–Kier alpha value is -2.09. The van der Waals surface area contributed by atoms with E-state index in [0.29, 0.717) is 16.3 Å².